The first kappa shape index (κ1) is 15.4. The van der Waals surface area contributed by atoms with Crippen molar-refractivity contribution in [3.05, 3.63) is 47.3 Å². The van der Waals surface area contributed by atoms with E-state index in [1.165, 1.54) is 0 Å². The Morgan fingerprint density at radius 2 is 1.76 bits per heavy atom. The number of primary amides is 1. The topological polar surface area (TPSA) is 48.0 Å². The van der Waals surface area contributed by atoms with E-state index in [2.05, 4.69) is 25.3 Å². The zero-order chi connectivity index (χ0) is 15.6. The standard InChI is InChI=1S/C18H24N2O/c1-12(2)10-11-20-13(3)16(15-8-6-5-7-9-15)17(14(20)4)18(19)21/h5-9,12H,10-11H2,1-4H3,(H2,19,21). The first-order chi connectivity index (χ1) is 9.93. The van der Waals surface area contributed by atoms with Gasteiger partial charge in [0.15, 0.2) is 0 Å². The van der Waals surface area contributed by atoms with E-state index in [1.807, 2.05) is 37.3 Å². The number of hydrogen-bond donors (Lipinski definition) is 1. The number of rotatable bonds is 5. The maximum absolute atomic E-state index is 11.9. The molecular weight excluding hydrogens is 260 g/mol. The van der Waals surface area contributed by atoms with Gasteiger partial charge in [0, 0.05) is 23.5 Å². The molecule has 3 heteroatoms. The summed E-state index contributed by atoms with van der Waals surface area (Å²) in [6.45, 7) is 9.40. The molecular formula is C18H24N2O. The monoisotopic (exact) mass is 284 g/mol. The smallest absolute Gasteiger partial charge is 0.251 e. The van der Waals surface area contributed by atoms with Gasteiger partial charge in [0.05, 0.1) is 5.56 Å². The third kappa shape index (κ3) is 3.02. The van der Waals surface area contributed by atoms with Crippen LogP contribution in [0.3, 0.4) is 0 Å². The molecule has 2 aromatic rings. The summed E-state index contributed by atoms with van der Waals surface area (Å²) >= 11 is 0. The van der Waals surface area contributed by atoms with Crippen LogP contribution in [0.25, 0.3) is 11.1 Å². The minimum absolute atomic E-state index is 0.349. The molecule has 0 unspecified atom stereocenters. The Morgan fingerprint density at radius 1 is 1.14 bits per heavy atom. The molecule has 0 aliphatic rings. The van der Waals surface area contributed by atoms with E-state index in [4.69, 9.17) is 5.73 Å². The Kier molecular flexibility index (Phi) is 4.51. The largest absolute Gasteiger partial charge is 0.366 e. The molecule has 0 spiro atoms. The summed E-state index contributed by atoms with van der Waals surface area (Å²) in [7, 11) is 0. The van der Waals surface area contributed by atoms with Gasteiger partial charge in [0.25, 0.3) is 5.91 Å². The van der Waals surface area contributed by atoms with E-state index >= 15 is 0 Å². The molecule has 0 aliphatic carbocycles. The lowest BCUT2D eigenvalue weighted by atomic mass is 10.0. The zero-order valence-corrected chi connectivity index (χ0v) is 13.3. The molecule has 0 aliphatic heterocycles. The number of benzene rings is 1. The lowest BCUT2D eigenvalue weighted by Crippen LogP contribution is -2.13. The Labute approximate surface area is 126 Å². The van der Waals surface area contributed by atoms with Crippen molar-refractivity contribution in [2.45, 2.75) is 40.7 Å². The van der Waals surface area contributed by atoms with Crippen LogP contribution in [0.5, 0.6) is 0 Å². The molecule has 1 amide bonds. The van der Waals surface area contributed by atoms with E-state index in [9.17, 15) is 4.79 Å². The van der Waals surface area contributed by atoms with Gasteiger partial charge in [0.1, 0.15) is 0 Å². The van der Waals surface area contributed by atoms with Crippen LogP contribution in [-0.4, -0.2) is 10.5 Å². The molecule has 21 heavy (non-hydrogen) atoms. The number of nitrogens with zero attached hydrogens (tertiary/aromatic N) is 1. The van der Waals surface area contributed by atoms with Gasteiger partial charge in [-0.15, -0.1) is 0 Å². The van der Waals surface area contributed by atoms with Crippen LogP contribution in [0.2, 0.25) is 0 Å². The fourth-order valence-electron chi connectivity index (χ4n) is 2.87. The van der Waals surface area contributed by atoms with Gasteiger partial charge in [-0.2, -0.15) is 0 Å². The quantitative estimate of drug-likeness (QED) is 0.889. The van der Waals surface area contributed by atoms with Crippen LogP contribution in [0.15, 0.2) is 30.3 Å². The van der Waals surface area contributed by atoms with E-state index < -0.39 is 0 Å². The summed E-state index contributed by atoms with van der Waals surface area (Å²) in [5.41, 5.74) is 10.4. The van der Waals surface area contributed by atoms with Crippen molar-refractivity contribution >= 4 is 5.91 Å². The van der Waals surface area contributed by atoms with Gasteiger partial charge in [-0.25, -0.2) is 0 Å². The van der Waals surface area contributed by atoms with Gasteiger partial charge in [-0.3, -0.25) is 4.79 Å². The number of carbonyl (C=O) groups is 1. The van der Waals surface area contributed by atoms with Gasteiger partial charge in [-0.1, -0.05) is 44.2 Å². The highest BCUT2D eigenvalue weighted by atomic mass is 16.1. The van der Waals surface area contributed by atoms with Crippen molar-refractivity contribution in [1.82, 2.24) is 4.57 Å². The highest BCUT2D eigenvalue weighted by molar-refractivity contribution is 6.02. The zero-order valence-electron chi connectivity index (χ0n) is 13.3. The summed E-state index contributed by atoms with van der Waals surface area (Å²) in [6, 6.07) is 10.0. The molecule has 0 bridgehead atoms. The summed E-state index contributed by atoms with van der Waals surface area (Å²) in [6.07, 6.45) is 1.09. The predicted octanol–water partition coefficient (Wildman–Crippen LogP) is 3.92. The second kappa shape index (κ2) is 6.17. The average Bonchev–Trinajstić information content (AvgIpc) is 2.69. The van der Waals surface area contributed by atoms with E-state index in [0.29, 0.717) is 11.5 Å². The van der Waals surface area contributed by atoms with Crippen molar-refractivity contribution < 1.29 is 4.79 Å². The molecule has 1 aromatic heterocycles. The van der Waals surface area contributed by atoms with E-state index in [-0.39, 0.29) is 5.91 Å². The normalized spacial score (nSPS) is 11.1. The van der Waals surface area contributed by atoms with Crippen LogP contribution >= 0.6 is 0 Å². The Morgan fingerprint density at radius 3 is 2.29 bits per heavy atom. The molecule has 1 aromatic carbocycles. The number of carbonyl (C=O) groups excluding carboxylic acids is 1. The molecule has 112 valence electrons. The molecule has 0 radical (unpaired) electrons. The molecule has 0 saturated heterocycles. The van der Waals surface area contributed by atoms with E-state index in [1.54, 1.807) is 0 Å². The molecule has 0 fully saturated rings. The van der Waals surface area contributed by atoms with Gasteiger partial charge in [0.2, 0.25) is 0 Å². The number of amides is 1. The van der Waals surface area contributed by atoms with Crippen LogP contribution in [0, 0.1) is 19.8 Å². The lowest BCUT2D eigenvalue weighted by Gasteiger charge is -2.11. The minimum atomic E-state index is -0.349. The summed E-state index contributed by atoms with van der Waals surface area (Å²) in [4.78, 5) is 11.9. The Balaban J connectivity index is 2.58. The summed E-state index contributed by atoms with van der Waals surface area (Å²) in [5, 5.41) is 0. The summed E-state index contributed by atoms with van der Waals surface area (Å²) < 4.78 is 2.22. The first-order valence-corrected chi connectivity index (χ1v) is 7.48. The number of hydrogen-bond acceptors (Lipinski definition) is 1. The van der Waals surface area contributed by atoms with Crippen molar-refractivity contribution in [2.75, 3.05) is 0 Å². The predicted molar refractivity (Wildman–Crippen MR) is 87.3 cm³/mol. The molecule has 2 N–H and O–H groups in total. The average molecular weight is 284 g/mol. The highest BCUT2D eigenvalue weighted by Crippen LogP contribution is 2.32. The fourth-order valence-corrected chi connectivity index (χ4v) is 2.87. The van der Waals surface area contributed by atoms with Crippen LogP contribution in [0.4, 0.5) is 0 Å². The van der Waals surface area contributed by atoms with Crippen molar-refractivity contribution in [3.63, 3.8) is 0 Å². The van der Waals surface area contributed by atoms with Crippen molar-refractivity contribution in [2.24, 2.45) is 11.7 Å². The van der Waals surface area contributed by atoms with Crippen LogP contribution < -0.4 is 5.73 Å². The minimum Gasteiger partial charge on any atom is -0.366 e. The molecule has 1 heterocycles. The van der Waals surface area contributed by atoms with Gasteiger partial charge >= 0.3 is 0 Å². The molecule has 3 nitrogen and oxygen atoms in total. The second-order valence-electron chi connectivity index (χ2n) is 5.99. The number of aromatic nitrogens is 1. The highest BCUT2D eigenvalue weighted by Gasteiger charge is 2.22. The number of nitrogens with two attached hydrogens (primary N) is 1. The molecule has 0 saturated carbocycles. The molecule has 0 atom stereocenters. The fraction of sp³-hybridized carbons (Fsp3) is 0.389. The first-order valence-electron chi connectivity index (χ1n) is 7.48. The SMILES string of the molecule is Cc1c(C(N)=O)c(-c2ccccc2)c(C)n1CCC(C)C. The van der Waals surface area contributed by atoms with Crippen molar-refractivity contribution in [1.29, 1.82) is 0 Å². The third-order valence-electron chi connectivity index (χ3n) is 4.02. The molecule has 2 rings (SSSR count). The third-order valence-corrected chi connectivity index (χ3v) is 4.02. The Bertz CT molecular complexity index is 639. The lowest BCUT2D eigenvalue weighted by molar-refractivity contribution is 0.1000. The van der Waals surface area contributed by atoms with Gasteiger partial charge in [-0.05, 0) is 31.7 Å². The summed E-state index contributed by atoms with van der Waals surface area (Å²) in [5.74, 6) is 0.279. The maximum Gasteiger partial charge on any atom is 0.251 e. The van der Waals surface area contributed by atoms with Crippen LogP contribution in [0.1, 0.15) is 42.0 Å². The van der Waals surface area contributed by atoms with Gasteiger partial charge < -0.3 is 10.3 Å². The van der Waals surface area contributed by atoms with Crippen LogP contribution in [-0.2, 0) is 6.54 Å². The maximum atomic E-state index is 11.9. The Hall–Kier alpha value is -2.03. The van der Waals surface area contributed by atoms with Crippen molar-refractivity contribution in [3.8, 4) is 11.1 Å². The second-order valence-corrected chi connectivity index (χ2v) is 5.99. The van der Waals surface area contributed by atoms with E-state index in [0.717, 1.165) is 35.5 Å².